The van der Waals surface area contributed by atoms with Gasteiger partial charge in [0.1, 0.15) is 5.52 Å². The van der Waals surface area contributed by atoms with Gasteiger partial charge in [0.25, 0.3) is 5.91 Å². The molecule has 0 spiro atoms. The van der Waals surface area contributed by atoms with E-state index in [0.717, 1.165) is 17.4 Å². The molecule has 0 unspecified atom stereocenters. The largest absolute Gasteiger partial charge is 0.436 e. The van der Waals surface area contributed by atoms with Crippen LogP contribution >= 0.6 is 0 Å². The molecule has 0 aliphatic rings. The van der Waals surface area contributed by atoms with Crippen molar-refractivity contribution in [2.24, 2.45) is 0 Å². The van der Waals surface area contributed by atoms with Crippen LogP contribution in [0, 0.1) is 0 Å². The summed E-state index contributed by atoms with van der Waals surface area (Å²) in [6, 6.07) is 15.4. The molecule has 0 aliphatic heterocycles. The van der Waals surface area contributed by atoms with E-state index in [9.17, 15) is 13.2 Å². The Bertz CT molecular complexity index is 1280. The first kappa shape index (κ1) is 18.8. The van der Waals surface area contributed by atoms with E-state index in [-0.39, 0.29) is 10.8 Å². The molecule has 4 aromatic rings. The van der Waals surface area contributed by atoms with Gasteiger partial charge >= 0.3 is 0 Å². The zero-order valence-electron chi connectivity index (χ0n) is 15.5. The fraction of sp³-hybridized carbons (Fsp3) is 0.0952. The van der Waals surface area contributed by atoms with Crippen LogP contribution in [0.4, 0.5) is 0 Å². The molecule has 7 nitrogen and oxygen atoms in total. The van der Waals surface area contributed by atoms with Crippen molar-refractivity contribution < 1.29 is 17.6 Å². The summed E-state index contributed by atoms with van der Waals surface area (Å²) >= 11 is 0. The van der Waals surface area contributed by atoms with Crippen LogP contribution in [0.15, 0.2) is 76.3 Å². The Morgan fingerprint density at radius 2 is 1.90 bits per heavy atom. The Morgan fingerprint density at radius 3 is 2.59 bits per heavy atom. The minimum absolute atomic E-state index is 0.192. The molecule has 0 aliphatic carbocycles. The summed E-state index contributed by atoms with van der Waals surface area (Å²) in [5.41, 5.74) is 3.17. The Morgan fingerprint density at radius 1 is 1.10 bits per heavy atom. The predicted molar refractivity (Wildman–Crippen MR) is 108 cm³/mol. The van der Waals surface area contributed by atoms with Crippen LogP contribution in [0.3, 0.4) is 0 Å². The van der Waals surface area contributed by atoms with Gasteiger partial charge in [-0.2, -0.15) is 0 Å². The molecule has 1 amide bonds. The van der Waals surface area contributed by atoms with Gasteiger partial charge in [0.2, 0.25) is 5.89 Å². The fourth-order valence-corrected chi connectivity index (χ4v) is 3.45. The maximum absolute atomic E-state index is 12.1. The van der Waals surface area contributed by atoms with E-state index in [1.165, 1.54) is 18.3 Å². The van der Waals surface area contributed by atoms with Gasteiger partial charge in [-0.3, -0.25) is 9.78 Å². The van der Waals surface area contributed by atoms with Crippen molar-refractivity contribution in [3.8, 4) is 11.5 Å². The summed E-state index contributed by atoms with van der Waals surface area (Å²) in [5.74, 6) is 0.208. The summed E-state index contributed by atoms with van der Waals surface area (Å²) in [4.78, 5) is 20.6. The van der Waals surface area contributed by atoms with E-state index in [1.807, 2.05) is 24.3 Å². The van der Waals surface area contributed by atoms with Crippen LogP contribution in [0.2, 0.25) is 0 Å². The maximum atomic E-state index is 12.1. The number of nitrogens with zero attached hydrogens (tertiary/aromatic N) is 2. The lowest BCUT2D eigenvalue weighted by atomic mass is 10.1. The molecule has 0 radical (unpaired) electrons. The van der Waals surface area contributed by atoms with Gasteiger partial charge in [0, 0.05) is 30.8 Å². The molecule has 146 valence electrons. The van der Waals surface area contributed by atoms with Crippen LogP contribution in [-0.4, -0.2) is 30.5 Å². The molecule has 8 heteroatoms. The first-order valence-corrected chi connectivity index (χ1v) is 10.7. The summed E-state index contributed by atoms with van der Waals surface area (Å²) < 4.78 is 29.1. The van der Waals surface area contributed by atoms with Gasteiger partial charge in [-0.25, -0.2) is 13.4 Å². The lowest BCUT2D eigenvalue weighted by molar-refractivity contribution is 0.0950. The smallest absolute Gasteiger partial charge is 0.253 e. The quantitative estimate of drug-likeness (QED) is 0.545. The number of carbonyl (C=O) groups excluding carboxylic acids is 1. The van der Waals surface area contributed by atoms with E-state index in [4.69, 9.17) is 4.42 Å². The van der Waals surface area contributed by atoms with E-state index in [2.05, 4.69) is 15.3 Å². The summed E-state index contributed by atoms with van der Waals surface area (Å²) in [5, 5.41) is 2.84. The van der Waals surface area contributed by atoms with E-state index in [1.54, 1.807) is 24.4 Å². The number of hydrogen-bond acceptors (Lipinski definition) is 6. The minimum Gasteiger partial charge on any atom is -0.436 e. The third-order valence-electron chi connectivity index (χ3n) is 4.36. The van der Waals surface area contributed by atoms with Gasteiger partial charge < -0.3 is 9.73 Å². The summed E-state index contributed by atoms with van der Waals surface area (Å²) in [6.45, 7) is 0.374. The number of rotatable bonds is 5. The van der Waals surface area contributed by atoms with Gasteiger partial charge in [0.15, 0.2) is 15.4 Å². The third-order valence-corrected chi connectivity index (χ3v) is 5.48. The van der Waals surface area contributed by atoms with Crippen LogP contribution < -0.4 is 5.32 Å². The Labute approximate surface area is 167 Å². The average molecular weight is 407 g/mol. The van der Waals surface area contributed by atoms with Crippen LogP contribution in [0.5, 0.6) is 0 Å². The van der Waals surface area contributed by atoms with Crippen molar-refractivity contribution in [2.45, 2.75) is 11.4 Å². The molecule has 0 atom stereocenters. The second-order valence-electron chi connectivity index (χ2n) is 6.54. The first-order chi connectivity index (χ1) is 13.9. The Hall–Kier alpha value is -3.52. The molecule has 29 heavy (non-hydrogen) atoms. The predicted octanol–water partition coefficient (Wildman–Crippen LogP) is 3.22. The second kappa shape index (κ2) is 7.48. The number of fused-ring (bicyclic) bond motifs is 1. The number of pyridine rings is 1. The lowest BCUT2D eigenvalue weighted by Crippen LogP contribution is -2.22. The Balaban J connectivity index is 1.49. The van der Waals surface area contributed by atoms with Crippen molar-refractivity contribution in [2.75, 3.05) is 6.26 Å². The number of nitrogens with one attached hydrogen (secondary N) is 1. The van der Waals surface area contributed by atoms with Gasteiger partial charge in [-0.1, -0.05) is 12.1 Å². The monoisotopic (exact) mass is 407 g/mol. The number of benzene rings is 2. The number of sulfone groups is 1. The van der Waals surface area contributed by atoms with Crippen molar-refractivity contribution in [1.82, 2.24) is 15.3 Å². The lowest BCUT2D eigenvalue weighted by Gasteiger charge is -2.05. The SMILES string of the molecule is CS(=O)(=O)c1ccc2oc(-c3ccc(CNC(=O)c4cccnc4)cc3)nc2c1. The molecular weight excluding hydrogens is 390 g/mol. The van der Waals surface area contributed by atoms with Crippen LogP contribution in [0.1, 0.15) is 15.9 Å². The number of carbonyl (C=O) groups is 1. The normalized spacial score (nSPS) is 11.5. The van der Waals surface area contributed by atoms with Gasteiger partial charge in [-0.05, 0) is 48.0 Å². The zero-order chi connectivity index (χ0) is 20.4. The standard InChI is InChI=1S/C21H17N3O4S/c1-29(26,27)17-8-9-19-18(11-17)24-21(28-19)15-6-4-14(5-7-15)12-23-20(25)16-3-2-10-22-13-16/h2-11,13H,12H2,1H3,(H,23,25). The number of hydrogen-bond donors (Lipinski definition) is 1. The molecule has 2 aromatic heterocycles. The summed E-state index contributed by atoms with van der Waals surface area (Å²) in [7, 11) is -3.31. The topological polar surface area (TPSA) is 102 Å². The molecule has 0 fully saturated rings. The number of aromatic nitrogens is 2. The zero-order valence-corrected chi connectivity index (χ0v) is 16.3. The highest BCUT2D eigenvalue weighted by Gasteiger charge is 2.13. The molecule has 2 aromatic carbocycles. The molecule has 0 bridgehead atoms. The molecule has 0 saturated carbocycles. The molecular formula is C21H17N3O4S. The molecule has 0 saturated heterocycles. The van der Waals surface area contributed by atoms with Crippen LogP contribution in [0.25, 0.3) is 22.6 Å². The van der Waals surface area contributed by atoms with Crippen molar-refractivity contribution in [1.29, 1.82) is 0 Å². The number of oxazole rings is 1. The van der Waals surface area contributed by atoms with E-state index < -0.39 is 9.84 Å². The molecule has 1 N–H and O–H groups in total. The van der Waals surface area contributed by atoms with Crippen molar-refractivity contribution in [3.05, 3.63) is 78.1 Å². The second-order valence-corrected chi connectivity index (χ2v) is 8.56. The highest BCUT2D eigenvalue weighted by Crippen LogP contribution is 2.26. The number of amides is 1. The third kappa shape index (κ3) is 4.17. The van der Waals surface area contributed by atoms with E-state index in [0.29, 0.717) is 29.1 Å². The highest BCUT2D eigenvalue weighted by molar-refractivity contribution is 7.90. The minimum atomic E-state index is -3.31. The molecule has 4 rings (SSSR count). The fourth-order valence-electron chi connectivity index (χ4n) is 2.81. The van der Waals surface area contributed by atoms with Gasteiger partial charge in [-0.15, -0.1) is 0 Å². The van der Waals surface area contributed by atoms with E-state index >= 15 is 0 Å². The highest BCUT2D eigenvalue weighted by atomic mass is 32.2. The molecule has 2 heterocycles. The Kier molecular flexibility index (Phi) is 4.85. The average Bonchev–Trinajstić information content (AvgIpc) is 3.16. The first-order valence-electron chi connectivity index (χ1n) is 8.78. The van der Waals surface area contributed by atoms with Crippen molar-refractivity contribution >= 4 is 26.8 Å². The van der Waals surface area contributed by atoms with Gasteiger partial charge in [0.05, 0.1) is 10.5 Å². The van der Waals surface area contributed by atoms with Crippen molar-refractivity contribution in [3.63, 3.8) is 0 Å². The summed E-state index contributed by atoms with van der Waals surface area (Å²) in [6.07, 6.45) is 4.28. The maximum Gasteiger partial charge on any atom is 0.253 e. The van der Waals surface area contributed by atoms with Crippen LogP contribution in [-0.2, 0) is 16.4 Å².